The Balaban J connectivity index is 2.79. The fourth-order valence-corrected chi connectivity index (χ4v) is 1.67. The van der Waals surface area contributed by atoms with E-state index in [2.05, 4.69) is 18.5 Å². The maximum absolute atomic E-state index is 11.9. The number of nitrogens with zero attached hydrogens (tertiary/aromatic N) is 1. The Morgan fingerprint density at radius 1 is 1.33 bits per heavy atom. The standard InChI is InChI=1S/C15H18N2O/c1-5-10-17(6-2)11-14(18)16-15-12(3)8-7-9-13(15)4/h5-10H,1-2,11H2,3-4H3/p+1. The van der Waals surface area contributed by atoms with E-state index in [0.29, 0.717) is 0 Å². The predicted molar refractivity (Wildman–Crippen MR) is 76.1 cm³/mol. The largest absolute Gasteiger partial charge is 0.320 e. The Hall–Kier alpha value is -2.16. The van der Waals surface area contributed by atoms with Gasteiger partial charge >= 0.3 is 0 Å². The second-order valence-electron chi connectivity index (χ2n) is 4.05. The molecule has 0 aromatic heterocycles. The fraction of sp³-hybridized carbons (Fsp3) is 0.200. The lowest BCUT2D eigenvalue weighted by Crippen LogP contribution is -2.24. The first-order valence-corrected chi connectivity index (χ1v) is 5.78. The molecule has 0 fully saturated rings. The van der Waals surface area contributed by atoms with E-state index in [1.807, 2.05) is 32.0 Å². The average Bonchev–Trinajstić information content (AvgIpc) is 2.33. The summed E-state index contributed by atoms with van der Waals surface area (Å²) in [5.41, 5.74) is 2.99. The van der Waals surface area contributed by atoms with E-state index < -0.39 is 0 Å². The summed E-state index contributed by atoms with van der Waals surface area (Å²) < 4.78 is 1.68. The molecule has 1 N–H and O–H groups in total. The number of carbonyl (C=O) groups excluding carboxylic acids is 1. The molecule has 0 radical (unpaired) electrons. The number of rotatable bonds is 5. The molecule has 1 amide bonds. The zero-order chi connectivity index (χ0) is 13.5. The summed E-state index contributed by atoms with van der Waals surface area (Å²) in [6, 6.07) is 5.93. The lowest BCUT2D eigenvalue weighted by atomic mass is 10.1. The molecule has 0 bridgehead atoms. The Kier molecular flexibility index (Phi) is 5.06. The van der Waals surface area contributed by atoms with Crippen molar-refractivity contribution in [2.45, 2.75) is 13.8 Å². The van der Waals surface area contributed by atoms with Gasteiger partial charge in [-0.05, 0) is 37.6 Å². The second kappa shape index (κ2) is 6.55. The molecular weight excluding hydrogens is 224 g/mol. The summed E-state index contributed by atoms with van der Waals surface area (Å²) in [4.78, 5) is 11.9. The van der Waals surface area contributed by atoms with Crippen LogP contribution in [0.3, 0.4) is 0 Å². The Morgan fingerprint density at radius 3 is 2.44 bits per heavy atom. The van der Waals surface area contributed by atoms with E-state index in [-0.39, 0.29) is 12.5 Å². The third-order valence-electron chi connectivity index (χ3n) is 2.60. The molecule has 0 heterocycles. The SMILES string of the molecule is C=CC=[N+](C=C)CC(=O)Nc1c(C)cccc1C. The quantitative estimate of drug-likeness (QED) is 0.626. The summed E-state index contributed by atoms with van der Waals surface area (Å²) in [5, 5.41) is 2.92. The molecule has 1 aromatic rings. The molecular formula is C15H19N2O+. The number of anilines is 1. The van der Waals surface area contributed by atoms with Crippen molar-refractivity contribution in [2.24, 2.45) is 0 Å². The first kappa shape index (κ1) is 13.9. The van der Waals surface area contributed by atoms with Crippen molar-refractivity contribution in [3.05, 3.63) is 54.8 Å². The van der Waals surface area contributed by atoms with E-state index in [1.54, 1.807) is 23.1 Å². The smallest absolute Gasteiger partial charge is 0.290 e. The minimum Gasteiger partial charge on any atom is -0.320 e. The highest BCUT2D eigenvalue weighted by atomic mass is 16.1. The molecule has 1 rings (SSSR count). The first-order chi connectivity index (χ1) is 8.58. The minimum atomic E-state index is -0.0783. The molecule has 0 spiro atoms. The average molecular weight is 243 g/mol. The number of hydrogen-bond acceptors (Lipinski definition) is 1. The Morgan fingerprint density at radius 2 is 1.94 bits per heavy atom. The lowest BCUT2D eigenvalue weighted by molar-refractivity contribution is -0.437. The van der Waals surface area contributed by atoms with Gasteiger partial charge < -0.3 is 5.32 Å². The van der Waals surface area contributed by atoms with Crippen molar-refractivity contribution < 1.29 is 9.37 Å². The maximum Gasteiger partial charge on any atom is 0.290 e. The number of para-hydroxylation sites is 1. The van der Waals surface area contributed by atoms with Crippen molar-refractivity contribution in [1.82, 2.24) is 0 Å². The summed E-state index contributed by atoms with van der Waals surface area (Å²) in [7, 11) is 0. The molecule has 0 saturated carbocycles. The van der Waals surface area contributed by atoms with Gasteiger partial charge in [-0.15, -0.1) is 0 Å². The molecule has 0 atom stereocenters. The van der Waals surface area contributed by atoms with E-state index in [0.717, 1.165) is 16.8 Å². The van der Waals surface area contributed by atoms with Crippen LogP contribution in [-0.4, -0.2) is 23.2 Å². The summed E-state index contributed by atoms with van der Waals surface area (Å²) in [6.45, 7) is 11.4. The summed E-state index contributed by atoms with van der Waals surface area (Å²) >= 11 is 0. The maximum atomic E-state index is 11.9. The van der Waals surface area contributed by atoms with Gasteiger partial charge in [0.15, 0.2) is 12.4 Å². The van der Waals surface area contributed by atoms with Gasteiger partial charge in [-0.2, -0.15) is 4.58 Å². The molecule has 0 aliphatic rings. The molecule has 1 aromatic carbocycles. The lowest BCUT2D eigenvalue weighted by Gasteiger charge is -2.10. The van der Waals surface area contributed by atoms with Gasteiger partial charge in [0.2, 0.25) is 6.54 Å². The van der Waals surface area contributed by atoms with E-state index in [1.165, 1.54) is 0 Å². The molecule has 3 heteroatoms. The number of aryl methyl sites for hydroxylation is 2. The molecule has 94 valence electrons. The van der Waals surface area contributed by atoms with Crippen molar-refractivity contribution in [3.8, 4) is 0 Å². The van der Waals surface area contributed by atoms with Crippen LogP contribution in [0, 0.1) is 13.8 Å². The topological polar surface area (TPSA) is 32.1 Å². The highest BCUT2D eigenvalue weighted by Gasteiger charge is 2.11. The number of carbonyl (C=O) groups is 1. The molecule has 0 saturated heterocycles. The number of benzene rings is 1. The van der Waals surface area contributed by atoms with Crippen LogP contribution < -0.4 is 5.32 Å². The normalized spacial score (nSPS) is 10.9. The molecule has 0 aliphatic heterocycles. The highest BCUT2D eigenvalue weighted by molar-refractivity contribution is 5.93. The number of amides is 1. The monoisotopic (exact) mass is 243 g/mol. The van der Waals surface area contributed by atoms with Crippen LogP contribution in [0.2, 0.25) is 0 Å². The van der Waals surface area contributed by atoms with Gasteiger partial charge in [0.05, 0.1) is 0 Å². The fourth-order valence-electron chi connectivity index (χ4n) is 1.67. The van der Waals surface area contributed by atoms with Crippen molar-refractivity contribution in [1.29, 1.82) is 0 Å². The van der Waals surface area contributed by atoms with Gasteiger partial charge in [-0.25, -0.2) is 0 Å². The van der Waals surface area contributed by atoms with E-state index in [4.69, 9.17) is 0 Å². The summed E-state index contributed by atoms with van der Waals surface area (Å²) in [5.74, 6) is -0.0783. The zero-order valence-electron chi connectivity index (χ0n) is 10.9. The van der Waals surface area contributed by atoms with Crippen molar-refractivity contribution >= 4 is 17.8 Å². The van der Waals surface area contributed by atoms with Gasteiger partial charge in [-0.1, -0.05) is 24.8 Å². The van der Waals surface area contributed by atoms with E-state index in [9.17, 15) is 4.79 Å². The zero-order valence-corrected chi connectivity index (χ0v) is 10.9. The number of allylic oxidation sites excluding steroid dienone is 1. The third kappa shape index (κ3) is 3.70. The van der Waals surface area contributed by atoms with Crippen molar-refractivity contribution in [2.75, 3.05) is 11.9 Å². The van der Waals surface area contributed by atoms with Gasteiger partial charge in [0.25, 0.3) is 5.91 Å². The predicted octanol–water partition coefficient (Wildman–Crippen LogP) is 2.65. The highest BCUT2D eigenvalue weighted by Crippen LogP contribution is 2.19. The van der Waals surface area contributed by atoms with Gasteiger partial charge in [0.1, 0.15) is 0 Å². The van der Waals surface area contributed by atoms with Crippen LogP contribution in [0.25, 0.3) is 0 Å². The molecule has 18 heavy (non-hydrogen) atoms. The van der Waals surface area contributed by atoms with Crippen LogP contribution in [0.1, 0.15) is 11.1 Å². The van der Waals surface area contributed by atoms with Crippen LogP contribution >= 0.6 is 0 Å². The number of nitrogens with one attached hydrogen (secondary N) is 1. The molecule has 3 nitrogen and oxygen atoms in total. The Bertz CT molecular complexity index is 481. The van der Waals surface area contributed by atoms with Crippen molar-refractivity contribution in [3.63, 3.8) is 0 Å². The molecule has 0 aliphatic carbocycles. The first-order valence-electron chi connectivity index (χ1n) is 5.78. The number of hydrogen-bond donors (Lipinski definition) is 1. The van der Waals surface area contributed by atoms with E-state index >= 15 is 0 Å². The second-order valence-corrected chi connectivity index (χ2v) is 4.05. The minimum absolute atomic E-state index is 0.0783. The van der Waals surface area contributed by atoms with Crippen LogP contribution in [0.5, 0.6) is 0 Å². The third-order valence-corrected chi connectivity index (χ3v) is 2.60. The molecule has 0 unspecified atom stereocenters. The van der Waals surface area contributed by atoms with Gasteiger partial charge in [-0.3, -0.25) is 4.79 Å². The van der Waals surface area contributed by atoms with Crippen LogP contribution in [-0.2, 0) is 4.79 Å². The Labute approximate surface area is 108 Å². The summed E-state index contributed by atoms with van der Waals surface area (Å²) in [6.07, 6.45) is 4.91. The van der Waals surface area contributed by atoms with Crippen LogP contribution in [0.4, 0.5) is 5.69 Å². The van der Waals surface area contributed by atoms with Crippen LogP contribution in [0.15, 0.2) is 43.6 Å². The van der Waals surface area contributed by atoms with Gasteiger partial charge in [0, 0.05) is 5.69 Å².